The molecule has 0 bridgehead atoms. The van der Waals surface area contributed by atoms with Crippen LogP contribution in [-0.4, -0.2) is 9.97 Å². The van der Waals surface area contributed by atoms with Gasteiger partial charge in [-0.1, -0.05) is 41.9 Å². The number of halogens is 1. The Labute approximate surface area is 135 Å². The second-order valence-electron chi connectivity index (χ2n) is 5.14. The molecule has 3 rings (SSSR count). The molecule has 0 aliphatic carbocycles. The summed E-state index contributed by atoms with van der Waals surface area (Å²) in [6, 6.07) is 17.8. The Morgan fingerprint density at radius 1 is 0.909 bits per heavy atom. The van der Waals surface area contributed by atoms with Gasteiger partial charge in [0.1, 0.15) is 11.6 Å². The van der Waals surface area contributed by atoms with Crippen molar-refractivity contribution in [3.8, 4) is 11.3 Å². The highest BCUT2D eigenvalue weighted by Gasteiger charge is 2.06. The summed E-state index contributed by atoms with van der Waals surface area (Å²) in [4.78, 5) is 8.97. The molecule has 0 saturated carbocycles. The molecule has 0 amide bonds. The van der Waals surface area contributed by atoms with E-state index in [4.69, 9.17) is 11.6 Å². The molecular weight excluding hydrogens is 294 g/mol. The molecule has 2 aromatic carbocycles. The standard InChI is InChI=1S/C18H16ClN3/c1-12-10-15(19)8-9-16(12)22-18-11-17(20-13(2)21-18)14-6-4-3-5-7-14/h3-11H,1-2H3,(H,20,21,22). The number of aryl methyl sites for hydroxylation is 2. The van der Waals surface area contributed by atoms with Crippen LogP contribution < -0.4 is 5.32 Å². The van der Waals surface area contributed by atoms with Gasteiger partial charge in [0.15, 0.2) is 0 Å². The van der Waals surface area contributed by atoms with Gasteiger partial charge in [-0.25, -0.2) is 9.97 Å². The number of benzene rings is 2. The largest absolute Gasteiger partial charge is 0.340 e. The van der Waals surface area contributed by atoms with Gasteiger partial charge in [-0.15, -0.1) is 0 Å². The first-order valence-electron chi connectivity index (χ1n) is 7.06. The minimum atomic E-state index is 0.729. The van der Waals surface area contributed by atoms with E-state index in [9.17, 15) is 0 Å². The lowest BCUT2D eigenvalue weighted by molar-refractivity contribution is 1.06. The molecule has 1 aromatic heterocycles. The lowest BCUT2D eigenvalue weighted by atomic mass is 10.1. The lowest BCUT2D eigenvalue weighted by Crippen LogP contribution is -2.00. The Balaban J connectivity index is 1.96. The van der Waals surface area contributed by atoms with Crippen molar-refractivity contribution in [2.45, 2.75) is 13.8 Å². The van der Waals surface area contributed by atoms with Crippen LogP contribution in [0.2, 0.25) is 5.02 Å². The number of aromatic nitrogens is 2. The predicted octanol–water partition coefficient (Wildman–Crippen LogP) is 5.16. The predicted molar refractivity (Wildman–Crippen MR) is 91.7 cm³/mol. The fourth-order valence-corrected chi connectivity index (χ4v) is 2.52. The Kier molecular flexibility index (Phi) is 4.07. The van der Waals surface area contributed by atoms with Crippen LogP contribution in [0.25, 0.3) is 11.3 Å². The van der Waals surface area contributed by atoms with Crippen molar-refractivity contribution in [3.05, 3.63) is 71.0 Å². The van der Waals surface area contributed by atoms with Gasteiger partial charge in [-0.05, 0) is 37.6 Å². The molecule has 0 fully saturated rings. The number of rotatable bonds is 3. The molecule has 0 saturated heterocycles. The van der Waals surface area contributed by atoms with Crippen molar-refractivity contribution in [1.82, 2.24) is 9.97 Å². The van der Waals surface area contributed by atoms with Crippen LogP contribution in [0.5, 0.6) is 0 Å². The van der Waals surface area contributed by atoms with E-state index in [0.717, 1.165) is 39.2 Å². The van der Waals surface area contributed by atoms with Crippen LogP contribution in [0, 0.1) is 13.8 Å². The van der Waals surface area contributed by atoms with E-state index >= 15 is 0 Å². The van der Waals surface area contributed by atoms with Gasteiger partial charge in [0, 0.05) is 22.3 Å². The second-order valence-corrected chi connectivity index (χ2v) is 5.57. The zero-order chi connectivity index (χ0) is 15.5. The smallest absolute Gasteiger partial charge is 0.134 e. The fraction of sp³-hybridized carbons (Fsp3) is 0.111. The quantitative estimate of drug-likeness (QED) is 0.726. The Hall–Kier alpha value is -2.39. The normalized spacial score (nSPS) is 10.5. The average Bonchev–Trinajstić information content (AvgIpc) is 2.50. The van der Waals surface area contributed by atoms with Crippen LogP contribution in [0.4, 0.5) is 11.5 Å². The van der Waals surface area contributed by atoms with E-state index in [2.05, 4.69) is 15.3 Å². The molecule has 0 spiro atoms. The lowest BCUT2D eigenvalue weighted by Gasteiger charge is -2.11. The van der Waals surface area contributed by atoms with Crippen LogP contribution in [0.1, 0.15) is 11.4 Å². The van der Waals surface area contributed by atoms with Gasteiger partial charge in [0.05, 0.1) is 5.69 Å². The summed E-state index contributed by atoms with van der Waals surface area (Å²) < 4.78 is 0. The number of hydrogen-bond acceptors (Lipinski definition) is 3. The highest BCUT2D eigenvalue weighted by molar-refractivity contribution is 6.30. The van der Waals surface area contributed by atoms with Crippen molar-refractivity contribution in [1.29, 1.82) is 0 Å². The molecule has 3 aromatic rings. The maximum absolute atomic E-state index is 6.00. The first-order chi connectivity index (χ1) is 10.6. The van der Waals surface area contributed by atoms with Gasteiger partial charge < -0.3 is 5.32 Å². The molecule has 0 aliphatic rings. The molecule has 3 nitrogen and oxygen atoms in total. The number of nitrogens with zero attached hydrogens (tertiary/aromatic N) is 2. The Morgan fingerprint density at radius 2 is 1.68 bits per heavy atom. The molecular formula is C18H16ClN3. The molecule has 0 atom stereocenters. The van der Waals surface area contributed by atoms with E-state index in [-0.39, 0.29) is 0 Å². The Morgan fingerprint density at radius 3 is 2.41 bits per heavy atom. The van der Waals surface area contributed by atoms with Crippen molar-refractivity contribution < 1.29 is 0 Å². The third kappa shape index (κ3) is 3.26. The molecule has 0 radical (unpaired) electrons. The van der Waals surface area contributed by atoms with Crippen molar-refractivity contribution in [2.75, 3.05) is 5.32 Å². The number of nitrogens with one attached hydrogen (secondary N) is 1. The van der Waals surface area contributed by atoms with Gasteiger partial charge >= 0.3 is 0 Å². The summed E-state index contributed by atoms with van der Waals surface area (Å²) in [7, 11) is 0. The topological polar surface area (TPSA) is 37.8 Å². The maximum Gasteiger partial charge on any atom is 0.134 e. The highest BCUT2D eigenvalue weighted by Crippen LogP contribution is 2.25. The van der Waals surface area contributed by atoms with E-state index in [1.54, 1.807) is 0 Å². The fourth-order valence-electron chi connectivity index (χ4n) is 2.29. The minimum Gasteiger partial charge on any atom is -0.340 e. The zero-order valence-corrected chi connectivity index (χ0v) is 13.2. The van der Waals surface area contributed by atoms with Crippen LogP contribution in [0.3, 0.4) is 0 Å². The molecule has 1 heterocycles. The first kappa shape index (κ1) is 14.5. The molecule has 110 valence electrons. The van der Waals surface area contributed by atoms with E-state index < -0.39 is 0 Å². The molecule has 0 aliphatic heterocycles. The van der Waals surface area contributed by atoms with Gasteiger partial charge in [0.2, 0.25) is 0 Å². The summed E-state index contributed by atoms with van der Waals surface area (Å²) in [5.74, 6) is 1.51. The summed E-state index contributed by atoms with van der Waals surface area (Å²) in [6.45, 7) is 3.91. The van der Waals surface area contributed by atoms with Gasteiger partial charge in [-0.2, -0.15) is 0 Å². The molecule has 0 unspecified atom stereocenters. The highest BCUT2D eigenvalue weighted by atomic mass is 35.5. The SMILES string of the molecule is Cc1nc(Nc2ccc(Cl)cc2C)cc(-c2ccccc2)n1. The second kappa shape index (κ2) is 6.16. The average molecular weight is 310 g/mol. The van der Waals surface area contributed by atoms with Crippen LogP contribution in [-0.2, 0) is 0 Å². The summed E-state index contributed by atoms with van der Waals surface area (Å²) in [6.07, 6.45) is 0. The minimum absolute atomic E-state index is 0.729. The Bertz CT molecular complexity index is 801. The van der Waals surface area contributed by atoms with Crippen molar-refractivity contribution >= 4 is 23.1 Å². The van der Waals surface area contributed by atoms with E-state index in [1.165, 1.54) is 0 Å². The first-order valence-corrected chi connectivity index (χ1v) is 7.44. The van der Waals surface area contributed by atoms with E-state index in [1.807, 2.05) is 68.4 Å². The van der Waals surface area contributed by atoms with Gasteiger partial charge in [-0.3, -0.25) is 0 Å². The van der Waals surface area contributed by atoms with Crippen LogP contribution >= 0.6 is 11.6 Å². The van der Waals surface area contributed by atoms with Gasteiger partial charge in [0.25, 0.3) is 0 Å². The third-order valence-corrected chi connectivity index (χ3v) is 3.59. The number of hydrogen-bond donors (Lipinski definition) is 1. The summed E-state index contributed by atoms with van der Waals surface area (Å²) >= 11 is 6.00. The third-order valence-electron chi connectivity index (χ3n) is 3.36. The molecule has 4 heteroatoms. The summed E-state index contributed by atoms with van der Waals surface area (Å²) in [5.41, 5.74) is 4.04. The molecule has 1 N–H and O–H groups in total. The summed E-state index contributed by atoms with van der Waals surface area (Å²) in [5, 5.41) is 4.07. The zero-order valence-electron chi connectivity index (χ0n) is 12.5. The van der Waals surface area contributed by atoms with Crippen molar-refractivity contribution in [3.63, 3.8) is 0 Å². The van der Waals surface area contributed by atoms with Crippen LogP contribution in [0.15, 0.2) is 54.6 Å². The van der Waals surface area contributed by atoms with E-state index in [0.29, 0.717) is 0 Å². The number of anilines is 2. The maximum atomic E-state index is 6.00. The monoisotopic (exact) mass is 309 g/mol. The molecule has 22 heavy (non-hydrogen) atoms. The van der Waals surface area contributed by atoms with Crippen molar-refractivity contribution in [2.24, 2.45) is 0 Å².